The zero-order chi connectivity index (χ0) is 46.8. The lowest BCUT2D eigenvalue weighted by atomic mass is 9.93. The Morgan fingerprint density at radius 2 is 0.803 bits per heavy atom. The Morgan fingerprint density at radius 3 is 1.55 bits per heavy atom. The van der Waals surface area contributed by atoms with Crippen molar-refractivity contribution in [3.8, 4) is 50.2 Å². The van der Waals surface area contributed by atoms with Crippen molar-refractivity contribution in [2.24, 2.45) is 0 Å². The molecule has 0 N–H and O–H groups in total. The summed E-state index contributed by atoms with van der Waals surface area (Å²) in [7, 11) is 0. The van der Waals surface area contributed by atoms with E-state index in [9.17, 15) is 0 Å². The molecule has 0 amide bonds. The maximum absolute atomic E-state index is 2.43. The Bertz CT molecular complexity index is 4270. The molecule has 0 saturated heterocycles. The van der Waals surface area contributed by atoms with Crippen LogP contribution < -0.4 is 4.90 Å². The molecule has 2 aromatic heterocycles. The van der Waals surface area contributed by atoms with Crippen LogP contribution in [0, 0.1) is 0 Å². The van der Waals surface area contributed by atoms with Gasteiger partial charge in [0.1, 0.15) is 0 Å². The van der Waals surface area contributed by atoms with Crippen LogP contribution in [0.5, 0.6) is 0 Å². The fourth-order valence-electron chi connectivity index (χ4n) is 11.0. The smallest absolute Gasteiger partial charge is 0.0541 e. The van der Waals surface area contributed by atoms with Crippen molar-refractivity contribution >= 4 is 91.9 Å². The van der Waals surface area contributed by atoms with Gasteiger partial charge >= 0.3 is 0 Å². The lowest BCUT2D eigenvalue weighted by Crippen LogP contribution is -2.11. The Morgan fingerprint density at radius 1 is 0.282 bits per heavy atom. The van der Waals surface area contributed by atoms with E-state index in [1.807, 2.05) is 11.3 Å². The maximum Gasteiger partial charge on any atom is 0.0541 e. The Hall–Kier alpha value is -9.02. The van der Waals surface area contributed by atoms with Gasteiger partial charge in [-0.2, -0.15) is 0 Å². The SMILES string of the molecule is c1ccc(-c2cc(-c3cccc4ccccc34)ccc2N(c2ccc(-c3cccc(-n4c5ccccc5c5ccccc54)c3)cc2)c2ccc(-c3cccc4c3sc3c5ccccc5ccc43)cc2)cc1. The van der Waals surface area contributed by atoms with Gasteiger partial charge in [0, 0.05) is 53.6 Å². The normalized spacial score (nSPS) is 11.7. The molecule has 332 valence electrons. The predicted octanol–water partition coefficient (Wildman–Crippen LogP) is 19.6. The number of para-hydroxylation sites is 2. The van der Waals surface area contributed by atoms with Crippen molar-refractivity contribution in [2.75, 3.05) is 4.90 Å². The molecule has 0 aliphatic rings. The third kappa shape index (κ3) is 6.93. The van der Waals surface area contributed by atoms with Gasteiger partial charge in [-0.15, -0.1) is 11.3 Å². The molecule has 0 aliphatic carbocycles. The highest BCUT2D eigenvalue weighted by Gasteiger charge is 2.21. The maximum atomic E-state index is 2.43. The molecular weight excluding hydrogens is 877 g/mol. The molecule has 71 heavy (non-hydrogen) atoms. The van der Waals surface area contributed by atoms with Crippen molar-refractivity contribution < 1.29 is 0 Å². The van der Waals surface area contributed by atoms with Gasteiger partial charge in [0.15, 0.2) is 0 Å². The van der Waals surface area contributed by atoms with Crippen molar-refractivity contribution in [1.82, 2.24) is 4.57 Å². The number of rotatable bonds is 8. The number of hydrogen-bond donors (Lipinski definition) is 0. The van der Waals surface area contributed by atoms with E-state index in [0.717, 1.165) is 39.4 Å². The highest BCUT2D eigenvalue weighted by atomic mass is 32.1. The van der Waals surface area contributed by atoms with Crippen LogP contribution in [-0.2, 0) is 0 Å². The first-order valence-electron chi connectivity index (χ1n) is 24.3. The van der Waals surface area contributed by atoms with E-state index in [-0.39, 0.29) is 0 Å². The molecule has 0 unspecified atom stereocenters. The third-order valence-electron chi connectivity index (χ3n) is 14.4. The standard InChI is InChI=1S/C68H44N2S/c1-2-15-47(16-3-1)63-44-51(56-26-13-19-46-17-4-6-22-55(46)56)36-42-66(63)69(53-39-33-49(34-40-53)58-27-14-28-61-62-41-35-48-18-5-7-23-57(48)68(62)71-67(58)61)52-37-31-45(32-38-52)50-20-12-21-54(43-50)70-64-29-10-8-24-59(64)60-25-9-11-30-65(60)70/h1-44H. The van der Waals surface area contributed by atoms with E-state index in [0.29, 0.717) is 0 Å². The number of nitrogens with zero attached hydrogens (tertiary/aromatic N) is 2. The highest BCUT2D eigenvalue weighted by molar-refractivity contribution is 7.27. The minimum absolute atomic E-state index is 1.08. The number of fused-ring (bicyclic) bond motifs is 9. The zero-order valence-electron chi connectivity index (χ0n) is 38.7. The van der Waals surface area contributed by atoms with Gasteiger partial charge in [-0.3, -0.25) is 0 Å². The molecule has 12 aromatic carbocycles. The van der Waals surface area contributed by atoms with Gasteiger partial charge in [-0.1, -0.05) is 206 Å². The number of anilines is 3. The summed E-state index contributed by atoms with van der Waals surface area (Å²) in [6.07, 6.45) is 0. The van der Waals surface area contributed by atoms with E-state index in [1.54, 1.807) is 0 Å². The number of aromatic nitrogens is 1. The minimum atomic E-state index is 1.08. The quantitative estimate of drug-likeness (QED) is 0.147. The van der Waals surface area contributed by atoms with E-state index in [2.05, 4.69) is 276 Å². The highest BCUT2D eigenvalue weighted by Crippen LogP contribution is 2.46. The van der Waals surface area contributed by atoms with E-state index >= 15 is 0 Å². The molecule has 0 saturated carbocycles. The largest absolute Gasteiger partial charge is 0.310 e. The number of benzene rings is 12. The van der Waals surface area contributed by atoms with E-state index in [1.165, 1.54) is 91.3 Å². The molecule has 0 bridgehead atoms. The van der Waals surface area contributed by atoms with Crippen LogP contribution in [0.1, 0.15) is 0 Å². The number of hydrogen-bond acceptors (Lipinski definition) is 2. The summed E-state index contributed by atoms with van der Waals surface area (Å²) in [4.78, 5) is 2.43. The third-order valence-corrected chi connectivity index (χ3v) is 15.7. The van der Waals surface area contributed by atoms with Crippen LogP contribution in [0.3, 0.4) is 0 Å². The van der Waals surface area contributed by atoms with Crippen LogP contribution >= 0.6 is 11.3 Å². The fourth-order valence-corrected chi connectivity index (χ4v) is 12.4. The molecule has 2 heterocycles. The Labute approximate surface area is 416 Å². The summed E-state index contributed by atoms with van der Waals surface area (Å²) >= 11 is 1.90. The van der Waals surface area contributed by atoms with Gasteiger partial charge in [-0.25, -0.2) is 0 Å². The Kier molecular flexibility index (Phi) is 9.75. The summed E-state index contributed by atoms with van der Waals surface area (Å²) in [5.74, 6) is 0. The van der Waals surface area contributed by atoms with E-state index in [4.69, 9.17) is 0 Å². The van der Waals surface area contributed by atoms with Gasteiger partial charge in [0.25, 0.3) is 0 Å². The lowest BCUT2D eigenvalue weighted by molar-refractivity contribution is 1.18. The fraction of sp³-hybridized carbons (Fsp3) is 0. The Balaban J connectivity index is 0.910. The second-order valence-electron chi connectivity index (χ2n) is 18.4. The molecule has 0 spiro atoms. The number of thiophene rings is 1. The second kappa shape index (κ2) is 16.9. The van der Waals surface area contributed by atoms with Crippen molar-refractivity contribution in [3.63, 3.8) is 0 Å². The van der Waals surface area contributed by atoms with E-state index < -0.39 is 0 Å². The molecule has 0 radical (unpaired) electrons. The van der Waals surface area contributed by atoms with Gasteiger partial charge in [0.2, 0.25) is 0 Å². The van der Waals surface area contributed by atoms with Crippen LogP contribution in [0.15, 0.2) is 267 Å². The summed E-state index contributed by atoms with van der Waals surface area (Å²) in [6.45, 7) is 0. The monoisotopic (exact) mass is 920 g/mol. The first-order chi connectivity index (χ1) is 35.2. The molecule has 3 heteroatoms. The predicted molar refractivity (Wildman–Crippen MR) is 305 cm³/mol. The summed E-state index contributed by atoms with van der Waals surface area (Å²) in [6, 6.07) is 97.9. The van der Waals surface area contributed by atoms with Gasteiger partial charge < -0.3 is 9.47 Å². The average molecular weight is 921 g/mol. The summed E-state index contributed by atoms with van der Waals surface area (Å²) in [5.41, 5.74) is 16.3. The molecular formula is C68H44N2S. The lowest BCUT2D eigenvalue weighted by Gasteiger charge is -2.29. The molecule has 14 aromatic rings. The molecule has 0 fully saturated rings. The van der Waals surface area contributed by atoms with Crippen LogP contribution in [0.25, 0.3) is 114 Å². The summed E-state index contributed by atoms with van der Waals surface area (Å²) < 4.78 is 5.05. The molecule has 0 atom stereocenters. The molecule has 14 rings (SSSR count). The summed E-state index contributed by atoms with van der Waals surface area (Å²) in [5, 5.41) is 10.2. The molecule has 0 aliphatic heterocycles. The van der Waals surface area contributed by atoms with Crippen LogP contribution in [-0.4, -0.2) is 4.57 Å². The average Bonchev–Trinajstić information content (AvgIpc) is 4.00. The topological polar surface area (TPSA) is 8.17 Å². The van der Waals surface area contributed by atoms with Gasteiger partial charge in [-0.05, 0) is 121 Å². The second-order valence-corrected chi connectivity index (χ2v) is 19.4. The van der Waals surface area contributed by atoms with Gasteiger partial charge in [0.05, 0.1) is 16.7 Å². The first-order valence-corrected chi connectivity index (χ1v) is 25.1. The van der Waals surface area contributed by atoms with Crippen LogP contribution in [0.2, 0.25) is 0 Å². The van der Waals surface area contributed by atoms with Crippen molar-refractivity contribution in [3.05, 3.63) is 267 Å². The van der Waals surface area contributed by atoms with Crippen LogP contribution in [0.4, 0.5) is 17.1 Å². The van der Waals surface area contributed by atoms with Crippen molar-refractivity contribution in [1.29, 1.82) is 0 Å². The van der Waals surface area contributed by atoms with Crippen molar-refractivity contribution in [2.45, 2.75) is 0 Å². The minimum Gasteiger partial charge on any atom is -0.310 e. The first kappa shape index (κ1) is 41.0. The zero-order valence-corrected chi connectivity index (χ0v) is 39.5. The molecule has 2 nitrogen and oxygen atoms in total.